The highest BCUT2D eigenvalue weighted by Gasteiger charge is 2.23. The Balaban J connectivity index is 1.45. The number of rotatable bonds is 9. The first-order valence-corrected chi connectivity index (χ1v) is 15.7. The van der Waals surface area contributed by atoms with E-state index >= 15 is 0 Å². The fourth-order valence-electron chi connectivity index (χ4n) is 5.45. The smallest absolute Gasteiger partial charge is 0.267 e. The molecule has 6 aromatic rings. The topological polar surface area (TPSA) is 86.5 Å². The summed E-state index contributed by atoms with van der Waals surface area (Å²) in [6, 6.07) is 32.2. The number of hydrogen-bond acceptors (Lipinski definition) is 6. The van der Waals surface area contributed by atoms with Crippen LogP contribution in [0.25, 0.3) is 32.6 Å². The van der Waals surface area contributed by atoms with Gasteiger partial charge in [0.1, 0.15) is 16.3 Å². The summed E-state index contributed by atoms with van der Waals surface area (Å²) >= 11 is 1.31. The van der Waals surface area contributed by atoms with Gasteiger partial charge in [-0.3, -0.25) is 4.79 Å². The molecule has 6 rings (SSSR count). The molecule has 0 unspecified atom stereocenters. The minimum atomic E-state index is -0.246. The lowest BCUT2D eigenvalue weighted by molar-refractivity contribution is 0.103. The zero-order chi connectivity index (χ0) is 31.5. The molecule has 0 fully saturated rings. The summed E-state index contributed by atoms with van der Waals surface area (Å²) in [7, 11) is 1.63. The molecule has 4 aromatic carbocycles. The Morgan fingerprint density at radius 2 is 1.64 bits per heavy atom. The van der Waals surface area contributed by atoms with E-state index in [1.165, 1.54) is 11.3 Å². The molecule has 2 heterocycles. The van der Waals surface area contributed by atoms with Crippen molar-refractivity contribution in [2.75, 3.05) is 18.2 Å². The summed E-state index contributed by atoms with van der Waals surface area (Å²) in [5.41, 5.74) is 15.9. The van der Waals surface area contributed by atoms with E-state index in [1.54, 1.807) is 7.11 Å². The van der Waals surface area contributed by atoms with Gasteiger partial charge >= 0.3 is 0 Å². The number of benzene rings is 4. The van der Waals surface area contributed by atoms with Crippen molar-refractivity contribution in [3.63, 3.8) is 0 Å². The molecule has 6 nitrogen and oxygen atoms in total. The van der Waals surface area contributed by atoms with Gasteiger partial charge in [-0.2, -0.15) is 0 Å². The van der Waals surface area contributed by atoms with Crippen LogP contribution in [0.15, 0.2) is 97.1 Å². The van der Waals surface area contributed by atoms with Crippen molar-refractivity contribution in [2.45, 2.75) is 33.8 Å². The van der Waals surface area contributed by atoms with Gasteiger partial charge in [0.05, 0.1) is 18.5 Å². The van der Waals surface area contributed by atoms with Crippen LogP contribution in [-0.2, 0) is 13.0 Å². The van der Waals surface area contributed by atoms with Gasteiger partial charge < -0.3 is 20.5 Å². The Kier molecular flexibility index (Phi) is 8.54. The van der Waals surface area contributed by atoms with Gasteiger partial charge in [-0.05, 0) is 66.3 Å². The number of thiophene rings is 1. The summed E-state index contributed by atoms with van der Waals surface area (Å²) in [6.07, 6.45) is 0.803. The number of carbonyl (C=O) groups is 1. The molecule has 45 heavy (non-hydrogen) atoms. The van der Waals surface area contributed by atoms with Crippen molar-refractivity contribution in [3.8, 4) is 33.9 Å². The molecule has 0 aliphatic carbocycles. The van der Waals surface area contributed by atoms with Gasteiger partial charge in [-0.15, -0.1) is 11.3 Å². The molecule has 0 bridgehead atoms. The van der Waals surface area contributed by atoms with Crippen molar-refractivity contribution in [3.05, 3.63) is 124 Å². The summed E-state index contributed by atoms with van der Waals surface area (Å²) in [5.74, 6) is 0.991. The molecule has 7 heteroatoms. The first kappa shape index (κ1) is 29.9. The van der Waals surface area contributed by atoms with Crippen LogP contribution in [0, 0.1) is 13.8 Å². The van der Waals surface area contributed by atoms with Crippen molar-refractivity contribution >= 4 is 38.8 Å². The van der Waals surface area contributed by atoms with Crippen molar-refractivity contribution < 1.29 is 14.3 Å². The average molecular weight is 614 g/mol. The van der Waals surface area contributed by atoms with E-state index in [0.717, 1.165) is 62.1 Å². The van der Waals surface area contributed by atoms with Gasteiger partial charge in [0.2, 0.25) is 0 Å². The molecule has 0 saturated carbocycles. The lowest BCUT2D eigenvalue weighted by Crippen LogP contribution is -2.14. The van der Waals surface area contributed by atoms with E-state index in [-0.39, 0.29) is 5.91 Å². The van der Waals surface area contributed by atoms with Crippen molar-refractivity contribution in [1.82, 2.24) is 4.98 Å². The van der Waals surface area contributed by atoms with Crippen LogP contribution in [0.5, 0.6) is 11.5 Å². The maximum absolute atomic E-state index is 13.8. The number of amides is 1. The number of nitrogens with two attached hydrogens (primary N) is 1. The number of fused-ring (bicyclic) bond motifs is 1. The number of nitrogens with zero attached hydrogens (tertiary/aromatic N) is 1. The molecule has 1 amide bonds. The molecule has 0 aliphatic rings. The zero-order valence-corrected chi connectivity index (χ0v) is 26.6. The number of ether oxygens (including phenoxy) is 2. The van der Waals surface area contributed by atoms with Crippen LogP contribution in [-0.4, -0.2) is 18.0 Å². The Morgan fingerprint density at radius 1 is 0.889 bits per heavy atom. The summed E-state index contributed by atoms with van der Waals surface area (Å²) in [6.45, 7) is 6.55. The predicted octanol–water partition coefficient (Wildman–Crippen LogP) is 9.23. The minimum Gasteiger partial charge on any atom is -0.493 e. The SMILES string of the molecule is CCc1cccc(C)c1NC(=O)c1sc2nc(-c3ccc(C)cc3)cc(-c3ccc(OCc4ccccc4)c(OC)c3)c2c1N. The highest BCUT2D eigenvalue weighted by molar-refractivity contribution is 7.21. The maximum Gasteiger partial charge on any atom is 0.267 e. The number of anilines is 2. The normalized spacial score (nSPS) is 11.0. The van der Waals surface area contributed by atoms with Crippen molar-refractivity contribution in [1.29, 1.82) is 0 Å². The van der Waals surface area contributed by atoms with Crippen LogP contribution < -0.4 is 20.5 Å². The van der Waals surface area contributed by atoms with Crippen molar-refractivity contribution in [2.24, 2.45) is 0 Å². The van der Waals surface area contributed by atoms with Crippen LogP contribution in [0.2, 0.25) is 0 Å². The summed E-state index contributed by atoms with van der Waals surface area (Å²) in [5, 5.41) is 3.88. The number of hydrogen-bond donors (Lipinski definition) is 2. The third-order valence-corrected chi connectivity index (χ3v) is 9.04. The fraction of sp³-hybridized carbons (Fsp3) is 0.158. The maximum atomic E-state index is 13.8. The number of nitrogens with one attached hydrogen (secondary N) is 1. The molecule has 226 valence electrons. The van der Waals surface area contributed by atoms with E-state index in [9.17, 15) is 4.79 Å². The molecule has 3 N–H and O–H groups in total. The van der Waals surface area contributed by atoms with Gasteiger partial charge in [0.15, 0.2) is 11.5 Å². The van der Waals surface area contributed by atoms with Crippen LogP contribution in [0.4, 0.5) is 11.4 Å². The summed E-state index contributed by atoms with van der Waals surface area (Å²) < 4.78 is 11.9. The number of methoxy groups -OCH3 is 1. The van der Waals surface area contributed by atoms with E-state index in [1.807, 2.05) is 79.7 Å². The number of pyridine rings is 1. The number of carbonyl (C=O) groups excluding carboxylic acids is 1. The first-order chi connectivity index (χ1) is 21.9. The van der Waals surface area contributed by atoms with Crippen LogP contribution >= 0.6 is 11.3 Å². The predicted molar refractivity (Wildman–Crippen MR) is 185 cm³/mol. The standard InChI is InChI=1S/C38H35N3O3S/c1-5-26-13-9-10-24(3)35(26)41-37(42)36-34(39)33-29(21-30(40-38(33)45-36)27-16-14-23(2)15-17-27)28-18-19-31(32(20-28)43-4)44-22-25-11-7-6-8-12-25/h6-21H,5,22,39H2,1-4H3,(H,41,42). The molecule has 0 atom stereocenters. The van der Waals surface area contributed by atoms with E-state index in [4.69, 9.17) is 20.2 Å². The second-order valence-corrected chi connectivity index (χ2v) is 12.0. The van der Waals surface area contributed by atoms with Gasteiger partial charge in [0.25, 0.3) is 5.91 Å². The van der Waals surface area contributed by atoms with Gasteiger partial charge in [-0.25, -0.2) is 4.98 Å². The largest absolute Gasteiger partial charge is 0.493 e. The third kappa shape index (κ3) is 6.12. The van der Waals surface area contributed by atoms with E-state index in [0.29, 0.717) is 33.5 Å². The molecule has 0 radical (unpaired) electrons. The lowest BCUT2D eigenvalue weighted by Gasteiger charge is -2.14. The molecular weight excluding hydrogens is 579 g/mol. The van der Waals surface area contributed by atoms with Crippen LogP contribution in [0.1, 0.15) is 38.8 Å². The molecule has 0 saturated heterocycles. The number of aryl methyl sites for hydroxylation is 3. The lowest BCUT2D eigenvalue weighted by atomic mass is 9.98. The highest BCUT2D eigenvalue weighted by atomic mass is 32.1. The molecule has 0 aliphatic heterocycles. The van der Waals surface area contributed by atoms with Gasteiger partial charge in [-0.1, -0.05) is 91.3 Å². The van der Waals surface area contributed by atoms with Crippen LogP contribution in [0.3, 0.4) is 0 Å². The quantitative estimate of drug-likeness (QED) is 0.170. The Hall–Kier alpha value is -5.14. The van der Waals surface area contributed by atoms with E-state index < -0.39 is 0 Å². The third-order valence-electron chi connectivity index (χ3n) is 7.94. The summed E-state index contributed by atoms with van der Waals surface area (Å²) in [4.78, 5) is 19.9. The van der Waals surface area contributed by atoms with Gasteiger partial charge in [0, 0.05) is 16.6 Å². The fourth-order valence-corrected chi connectivity index (χ4v) is 6.47. The monoisotopic (exact) mass is 613 g/mol. The highest BCUT2D eigenvalue weighted by Crippen LogP contribution is 2.43. The molecule has 2 aromatic heterocycles. The number of para-hydroxylation sites is 1. The molecular formula is C38H35N3O3S. The Morgan fingerprint density at radius 3 is 2.38 bits per heavy atom. The average Bonchev–Trinajstić information content (AvgIpc) is 3.41. The molecule has 0 spiro atoms. The first-order valence-electron chi connectivity index (χ1n) is 14.9. The number of aromatic nitrogens is 1. The Labute approximate surface area is 267 Å². The zero-order valence-electron chi connectivity index (χ0n) is 25.8. The Bertz CT molecular complexity index is 2000. The van der Waals surface area contributed by atoms with E-state index in [2.05, 4.69) is 43.4 Å². The second kappa shape index (κ2) is 12.8. The number of nitrogen functional groups attached to an aromatic ring is 1. The minimum absolute atomic E-state index is 0.246. The second-order valence-electron chi connectivity index (χ2n) is 11.0.